The first kappa shape index (κ1) is 15.2. The molecule has 2 aliphatic heterocycles. The Balaban J connectivity index is 1.65. The molecule has 0 radical (unpaired) electrons. The maximum atomic E-state index is 12.6. The van der Waals surface area contributed by atoms with Gasteiger partial charge in [-0.3, -0.25) is 9.59 Å². The van der Waals surface area contributed by atoms with Gasteiger partial charge in [-0.05, 0) is 36.1 Å². The second-order valence-electron chi connectivity index (χ2n) is 6.06. The average molecular weight is 324 g/mol. The molecule has 2 aliphatic rings. The van der Waals surface area contributed by atoms with Gasteiger partial charge in [0.05, 0.1) is 5.92 Å². The van der Waals surface area contributed by atoms with Crippen LogP contribution in [0.25, 0.3) is 0 Å². The van der Waals surface area contributed by atoms with Crippen molar-refractivity contribution in [2.24, 2.45) is 11.8 Å². The third-order valence-corrected chi connectivity index (χ3v) is 4.74. The quantitative estimate of drug-likeness (QED) is 0.906. The molecular weight excluding hydrogens is 306 g/mol. The van der Waals surface area contributed by atoms with Crippen LogP contribution in [0.1, 0.15) is 18.9 Å². The van der Waals surface area contributed by atoms with Crippen LogP contribution < -0.4 is 4.74 Å². The molecule has 1 aromatic rings. The zero-order valence-electron chi connectivity index (χ0n) is 12.3. The summed E-state index contributed by atoms with van der Waals surface area (Å²) < 4.78 is 5.72. The number of hydrogen-bond donors (Lipinski definition) is 1. The number of benzene rings is 1. The number of hydrogen-bond acceptors (Lipinski definition) is 3. The molecule has 1 fully saturated rings. The van der Waals surface area contributed by atoms with Gasteiger partial charge >= 0.3 is 5.97 Å². The SMILES string of the molecule is CC1CN(C(=O)C2Cc3cc(Cl)ccc3O2)CCC1C(=O)O. The van der Waals surface area contributed by atoms with Gasteiger partial charge in [0.1, 0.15) is 5.75 Å². The molecule has 22 heavy (non-hydrogen) atoms. The lowest BCUT2D eigenvalue weighted by molar-refractivity contribution is -0.150. The van der Waals surface area contributed by atoms with E-state index in [1.807, 2.05) is 13.0 Å². The molecular formula is C16H18ClNO4. The molecule has 1 aromatic carbocycles. The molecule has 0 saturated carbocycles. The Hall–Kier alpha value is -1.75. The minimum absolute atomic E-state index is 0.0478. The number of piperidine rings is 1. The molecule has 0 aromatic heterocycles. The van der Waals surface area contributed by atoms with Crippen LogP contribution in [-0.4, -0.2) is 41.1 Å². The first-order valence-corrected chi connectivity index (χ1v) is 7.80. The fraction of sp³-hybridized carbons (Fsp3) is 0.500. The van der Waals surface area contributed by atoms with Crippen LogP contribution >= 0.6 is 11.6 Å². The standard InChI is InChI=1S/C16H18ClNO4/c1-9-8-18(5-4-12(9)16(20)21)15(19)14-7-10-6-11(17)2-3-13(10)22-14/h2-3,6,9,12,14H,4-5,7-8H2,1H3,(H,20,21). The molecule has 1 N–H and O–H groups in total. The Morgan fingerprint density at radius 2 is 2.18 bits per heavy atom. The summed E-state index contributed by atoms with van der Waals surface area (Å²) in [7, 11) is 0. The van der Waals surface area contributed by atoms with Crippen LogP contribution in [0.15, 0.2) is 18.2 Å². The Kier molecular flexibility index (Phi) is 4.00. The van der Waals surface area contributed by atoms with Gasteiger partial charge < -0.3 is 14.7 Å². The molecule has 0 bridgehead atoms. The smallest absolute Gasteiger partial charge is 0.306 e. The Morgan fingerprint density at radius 3 is 2.86 bits per heavy atom. The van der Waals surface area contributed by atoms with Crippen molar-refractivity contribution in [2.75, 3.05) is 13.1 Å². The molecule has 6 heteroatoms. The maximum absolute atomic E-state index is 12.6. The van der Waals surface area contributed by atoms with Crippen LogP contribution in [-0.2, 0) is 16.0 Å². The fourth-order valence-electron chi connectivity index (χ4n) is 3.27. The van der Waals surface area contributed by atoms with Gasteiger partial charge in [-0.2, -0.15) is 0 Å². The minimum Gasteiger partial charge on any atom is -0.481 e. The third-order valence-electron chi connectivity index (χ3n) is 4.51. The molecule has 0 aliphatic carbocycles. The summed E-state index contributed by atoms with van der Waals surface area (Å²) >= 11 is 5.96. The summed E-state index contributed by atoms with van der Waals surface area (Å²) in [4.78, 5) is 25.5. The molecule has 1 amide bonds. The molecule has 3 atom stereocenters. The van der Waals surface area contributed by atoms with Gasteiger partial charge in [-0.25, -0.2) is 0 Å². The summed E-state index contributed by atoms with van der Waals surface area (Å²) in [5.74, 6) is -0.559. The van der Waals surface area contributed by atoms with E-state index in [0.29, 0.717) is 36.7 Å². The van der Waals surface area contributed by atoms with Crippen molar-refractivity contribution in [2.45, 2.75) is 25.9 Å². The number of carboxylic acid groups (broad SMARTS) is 1. The van der Waals surface area contributed by atoms with E-state index in [1.54, 1.807) is 17.0 Å². The highest BCUT2D eigenvalue weighted by Crippen LogP contribution is 2.32. The number of aliphatic carboxylic acids is 1. The van der Waals surface area contributed by atoms with Gasteiger partial charge in [0.15, 0.2) is 6.10 Å². The monoisotopic (exact) mass is 323 g/mol. The van der Waals surface area contributed by atoms with E-state index in [4.69, 9.17) is 21.4 Å². The van der Waals surface area contributed by atoms with Crippen molar-refractivity contribution in [1.29, 1.82) is 0 Å². The van der Waals surface area contributed by atoms with Gasteiger partial charge in [0.25, 0.3) is 5.91 Å². The average Bonchev–Trinajstić information content (AvgIpc) is 2.88. The molecule has 3 rings (SSSR count). The normalized spacial score (nSPS) is 27.2. The largest absolute Gasteiger partial charge is 0.481 e. The number of carbonyl (C=O) groups is 2. The number of amides is 1. The lowest BCUT2D eigenvalue weighted by Gasteiger charge is -2.35. The second-order valence-corrected chi connectivity index (χ2v) is 6.49. The number of rotatable bonds is 2. The first-order valence-electron chi connectivity index (χ1n) is 7.42. The summed E-state index contributed by atoms with van der Waals surface area (Å²) in [6.45, 7) is 2.81. The summed E-state index contributed by atoms with van der Waals surface area (Å²) in [6, 6.07) is 5.35. The Morgan fingerprint density at radius 1 is 1.41 bits per heavy atom. The van der Waals surface area contributed by atoms with Gasteiger partial charge in [-0.1, -0.05) is 18.5 Å². The van der Waals surface area contributed by atoms with Gasteiger partial charge in [0.2, 0.25) is 0 Å². The molecule has 1 saturated heterocycles. The molecule has 3 unspecified atom stereocenters. The third kappa shape index (κ3) is 2.77. The number of ether oxygens (including phenoxy) is 1. The van der Waals surface area contributed by atoms with E-state index in [9.17, 15) is 9.59 Å². The second kappa shape index (κ2) is 5.80. The summed E-state index contributed by atoms with van der Waals surface area (Å²) in [5.41, 5.74) is 0.944. The molecule has 118 valence electrons. The van der Waals surface area contributed by atoms with Crippen LogP contribution in [0.3, 0.4) is 0 Å². The van der Waals surface area contributed by atoms with Crippen molar-refractivity contribution in [3.05, 3.63) is 28.8 Å². The fourth-order valence-corrected chi connectivity index (χ4v) is 3.47. The van der Waals surface area contributed by atoms with E-state index in [1.165, 1.54) is 0 Å². The lowest BCUT2D eigenvalue weighted by Crippen LogP contribution is -2.49. The van der Waals surface area contributed by atoms with Crippen molar-refractivity contribution in [3.8, 4) is 5.75 Å². The zero-order valence-corrected chi connectivity index (χ0v) is 13.0. The Bertz CT molecular complexity index is 618. The summed E-state index contributed by atoms with van der Waals surface area (Å²) in [6.07, 6.45) is 0.484. The van der Waals surface area contributed by atoms with Crippen molar-refractivity contribution >= 4 is 23.5 Å². The molecule has 0 spiro atoms. The number of likely N-dealkylation sites (tertiary alicyclic amines) is 1. The van der Waals surface area contributed by atoms with Crippen LogP contribution in [0.5, 0.6) is 5.75 Å². The van der Waals surface area contributed by atoms with Gasteiger partial charge in [0, 0.05) is 24.5 Å². The van der Waals surface area contributed by atoms with Crippen molar-refractivity contribution in [1.82, 2.24) is 4.90 Å². The van der Waals surface area contributed by atoms with Crippen LogP contribution in [0.4, 0.5) is 0 Å². The zero-order chi connectivity index (χ0) is 15.9. The number of nitrogens with zero attached hydrogens (tertiary/aromatic N) is 1. The van der Waals surface area contributed by atoms with E-state index >= 15 is 0 Å². The minimum atomic E-state index is -0.779. The maximum Gasteiger partial charge on any atom is 0.306 e. The topological polar surface area (TPSA) is 66.8 Å². The van der Waals surface area contributed by atoms with E-state index in [-0.39, 0.29) is 17.7 Å². The first-order chi connectivity index (χ1) is 10.5. The summed E-state index contributed by atoms with van der Waals surface area (Å²) in [5, 5.41) is 9.78. The van der Waals surface area contributed by atoms with Crippen LogP contribution in [0.2, 0.25) is 5.02 Å². The van der Waals surface area contributed by atoms with Crippen molar-refractivity contribution in [3.63, 3.8) is 0 Å². The van der Waals surface area contributed by atoms with E-state index < -0.39 is 12.1 Å². The lowest BCUT2D eigenvalue weighted by atomic mass is 9.87. The highest BCUT2D eigenvalue weighted by molar-refractivity contribution is 6.30. The highest BCUT2D eigenvalue weighted by atomic mass is 35.5. The molecule has 5 nitrogen and oxygen atoms in total. The predicted octanol–water partition coefficient (Wildman–Crippen LogP) is 2.21. The number of carbonyl (C=O) groups excluding carboxylic acids is 1. The van der Waals surface area contributed by atoms with Crippen molar-refractivity contribution < 1.29 is 19.4 Å². The van der Waals surface area contributed by atoms with E-state index in [2.05, 4.69) is 0 Å². The number of carboxylic acids is 1. The molecule has 2 heterocycles. The number of fused-ring (bicyclic) bond motifs is 1. The van der Waals surface area contributed by atoms with E-state index in [0.717, 1.165) is 5.56 Å². The highest BCUT2D eigenvalue weighted by Gasteiger charge is 2.38. The van der Waals surface area contributed by atoms with Gasteiger partial charge in [-0.15, -0.1) is 0 Å². The number of halogens is 1. The predicted molar refractivity (Wildman–Crippen MR) is 81.1 cm³/mol. The van der Waals surface area contributed by atoms with Crippen LogP contribution in [0, 0.1) is 11.8 Å². The Labute approximate surface area is 133 Å².